The maximum Gasteiger partial charge on any atom is 0.228 e. The van der Waals surface area contributed by atoms with Gasteiger partial charge < -0.3 is 4.42 Å². The average Bonchev–Trinajstić information content (AvgIpc) is 3.02. The molecule has 0 aliphatic rings. The second-order valence-corrected chi connectivity index (χ2v) is 7.17. The minimum absolute atomic E-state index is 0.526. The molecule has 0 fully saturated rings. The highest BCUT2D eigenvalue weighted by molar-refractivity contribution is 9.10. The quantitative estimate of drug-likeness (QED) is 0.388. The minimum atomic E-state index is 0.526. The topological polar surface area (TPSA) is 26.0 Å². The first-order valence-corrected chi connectivity index (χ1v) is 9.57. The van der Waals surface area contributed by atoms with Gasteiger partial charge >= 0.3 is 0 Å². The molecule has 0 aliphatic heterocycles. The molecule has 2 heterocycles. The lowest BCUT2D eigenvalue weighted by molar-refractivity contribution is 0.617. The number of nitrogens with zero attached hydrogens (tertiary/aromatic N) is 1. The summed E-state index contributed by atoms with van der Waals surface area (Å²) in [7, 11) is 0. The van der Waals surface area contributed by atoms with Crippen LogP contribution in [0.15, 0.2) is 70.2 Å². The lowest BCUT2D eigenvalue weighted by Gasteiger charge is -2.06. The number of allylic oxidation sites excluding steroid dienone is 5. The molecule has 0 atom stereocenters. The van der Waals surface area contributed by atoms with Crippen LogP contribution in [0, 0.1) is 6.92 Å². The molecule has 26 heavy (non-hydrogen) atoms. The van der Waals surface area contributed by atoms with E-state index in [2.05, 4.69) is 71.7 Å². The summed E-state index contributed by atoms with van der Waals surface area (Å²) in [5.41, 5.74) is 4.69. The third-order valence-electron chi connectivity index (χ3n) is 4.05. The summed E-state index contributed by atoms with van der Waals surface area (Å²) in [5, 5.41) is 1.41. The molecule has 2 nitrogen and oxygen atoms in total. The first-order valence-electron chi connectivity index (χ1n) is 8.40. The number of aromatic nitrogens is 1. The Labute approximate surface area is 167 Å². The highest BCUT2D eigenvalue weighted by Crippen LogP contribution is 2.43. The van der Waals surface area contributed by atoms with E-state index in [0.29, 0.717) is 10.7 Å². The van der Waals surface area contributed by atoms with Crippen LogP contribution in [-0.4, -0.2) is 4.98 Å². The summed E-state index contributed by atoms with van der Waals surface area (Å²) in [6, 6.07) is 8.25. The molecule has 3 rings (SSSR count). The molecular formula is C22H19BrClNO. The average molecular weight is 429 g/mol. The summed E-state index contributed by atoms with van der Waals surface area (Å²) in [5.74, 6) is 0.765. The monoisotopic (exact) mass is 427 g/mol. The standard InChI is InChI=1S/C22H19BrClNO/c1-4-6-8-15(7-5-2)18-19-20(24)17(23)13-25-22(19)26-21(18)16-11-9-14(3)10-12-16/h4,6-13H,1,5H2,2-3H3/b8-6-,15-7+. The van der Waals surface area contributed by atoms with Crippen molar-refractivity contribution in [1.82, 2.24) is 4.98 Å². The number of aryl methyl sites for hydroxylation is 1. The first-order chi connectivity index (χ1) is 12.6. The number of benzene rings is 1. The number of hydrogen-bond donors (Lipinski definition) is 0. The predicted octanol–water partition coefficient (Wildman–Crippen LogP) is 7.75. The second kappa shape index (κ2) is 8.07. The van der Waals surface area contributed by atoms with Gasteiger partial charge in [0.05, 0.1) is 14.9 Å². The SMILES string of the molecule is C=C/C=C\C(=C/CC)c1c(-c2ccc(C)cc2)oc2ncc(Br)c(Cl)c12. The molecule has 0 amide bonds. The van der Waals surface area contributed by atoms with E-state index in [0.717, 1.165) is 38.7 Å². The normalized spacial score (nSPS) is 12.2. The number of hydrogen-bond acceptors (Lipinski definition) is 2. The summed E-state index contributed by atoms with van der Waals surface area (Å²) >= 11 is 10.1. The van der Waals surface area contributed by atoms with Crippen LogP contribution in [0.4, 0.5) is 0 Å². The summed E-state index contributed by atoms with van der Waals surface area (Å²) in [4.78, 5) is 4.42. The Kier molecular flexibility index (Phi) is 5.80. The lowest BCUT2D eigenvalue weighted by Crippen LogP contribution is -1.87. The van der Waals surface area contributed by atoms with Gasteiger partial charge in [-0.2, -0.15) is 0 Å². The summed E-state index contributed by atoms with van der Waals surface area (Å²) < 4.78 is 6.89. The Morgan fingerprint density at radius 3 is 2.69 bits per heavy atom. The van der Waals surface area contributed by atoms with Crippen LogP contribution < -0.4 is 0 Å². The van der Waals surface area contributed by atoms with Crippen LogP contribution in [0.3, 0.4) is 0 Å². The van der Waals surface area contributed by atoms with Crippen LogP contribution in [0.2, 0.25) is 5.02 Å². The number of halogens is 2. The lowest BCUT2D eigenvalue weighted by atomic mass is 9.97. The fraction of sp³-hybridized carbons (Fsp3) is 0.136. The smallest absolute Gasteiger partial charge is 0.228 e. The number of furan rings is 1. The second-order valence-electron chi connectivity index (χ2n) is 5.94. The van der Waals surface area contributed by atoms with Crippen LogP contribution in [0.25, 0.3) is 28.0 Å². The van der Waals surface area contributed by atoms with Crippen molar-refractivity contribution in [1.29, 1.82) is 0 Å². The van der Waals surface area contributed by atoms with Gasteiger partial charge in [0, 0.05) is 17.3 Å². The Hall–Kier alpha value is -2.10. The number of fused-ring (bicyclic) bond motifs is 1. The molecule has 0 N–H and O–H groups in total. The van der Waals surface area contributed by atoms with E-state index in [1.807, 2.05) is 12.2 Å². The van der Waals surface area contributed by atoms with Gasteiger partial charge in [0.15, 0.2) is 0 Å². The Bertz CT molecular complexity index is 1010. The molecule has 2 aromatic heterocycles. The zero-order valence-electron chi connectivity index (χ0n) is 14.7. The van der Waals surface area contributed by atoms with E-state index in [9.17, 15) is 0 Å². The predicted molar refractivity (Wildman–Crippen MR) is 114 cm³/mol. The van der Waals surface area contributed by atoms with E-state index in [1.165, 1.54) is 5.56 Å². The number of rotatable bonds is 5. The highest BCUT2D eigenvalue weighted by Gasteiger charge is 2.22. The van der Waals surface area contributed by atoms with Crippen molar-refractivity contribution >= 4 is 44.2 Å². The molecule has 0 radical (unpaired) electrons. The van der Waals surface area contributed by atoms with Gasteiger partial charge in [-0.05, 0) is 34.8 Å². The van der Waals surface area contributed by atoms with Gasteiger partial charge in [-0.15, -0.1) is 0 Å². The van der Waals surface area contributed by atoms with Crippen LogP contribution in [0.1, 0.15) is 24.5 Å². The molecule has 0 bridgehead atoms. The minimum Gasteiger partial charge on any atom is -0.437 e. The van der Waals surface area contributed by atoms with Gasteiger partial charge in [-0.1, -0.05) is 79.2 Å². The van der Waals surface area contributed by atoms with E-state index >= 15 is 0 Å². The van der Waals surface area contributed by atoms with Gasteiger partial charge in [0.25, 0.3) is 0 Å². The maximum atomic E-state index is 6.62. The van der Waals surface area contributed by atoms with E-state index in [4.69, 9.17) is 16.0 Å². The van der Waals surface area contributed by atoms with Gasteiger partial charge in [0.2, 0.25) is 5.71 Å². The third kappa shape index (κ3) is 3.55. The Morgan fingerprint density at radius 2 is 2.04 bits per heavy atom. The van der Waals surface area contributed by atoms with Crippen LogP contribution >= 0.6 is 27.5 Å². The van der Waals surface area contributed by atoms with Crippen molar-refractivity contribution in [3.05, 3.63) is 82.0 Å². The van der Waals surface area contributed by atoms with Crippen molar-refractivity contribution in [2.45, 2.75) is 20.3 Å². The molecule has 0 aliphatic carbocycles. The third-order valence-corrected chi connectivity index (χ3v) is 5.27. The molecule has 4 heteroatoms. The van der Waals surface area contributed by atoms with Crippen molar-refractivity contribution in [2.75, 3.05) is 0 Å². The molecule has 0 saturated heterocycles. The molecule has 0 saturated carbocycles. The molecule has 1 aromatic carbocycles. The van der Waals surface area contributed by atoms with E-state index in [-0.39, 0.29) is 0 Å². The maximum absolute atomic E-state index is 6.62. The molecule has 3 aromatic rings. The van der Waals surface area contributed by atoms with Crippen molar-refractivity contribution in [3.63, 3.8) is 0 Å². The van der Waals surface area contributed by atoms with Gasteiger partial charge in [-0.3, -0.25) is 0 Å². The van der Waals surface area contributed by atoms with Crippen molar-refractivity contribution < 1.29 is 4.42 Å². The Morgan fingerprint density at radius 1 is 1.31 bits per heavy atom. The van der Waals surface area contributed by atoms with E-state index in [1.54, 1.807) is 12.3 Å². The number of pyridine rings is 1. The molecular weight excluding hydrogens is 410 g/mol. The van der Waals surface area contributed by atoms with Crippen LogP contribution in [-0.2, 0) is 0 Å². The Balaban J connectivity index is 2.39. The van der Waals surface area contributed by atoms with Crippen molar-refractivity contribution in [3.8, 4) is 11.3 Å². The summed E-state index contributed by atoms with van der Waals surface area (Å²) in [6.07, 6.45) is 10.4. The zero-order chi connectivity index (χ0) is 18.7. The zero-order valence-corrected chi connectivity index (χ0v) is 17.1. The highest BCUT2D eigenvalue weighted by atomic mass is 79.9. The molecule has 0 unspecified atom stereocenters. The van der Waals surface area contributed by atoms with Gasteiger partial charge in [0.1, 0.15) is 5.76 Å². The van der Waals surface area contributed by atoms with Crippen LogP contribution in [0.5, 0.6) is 0 Å². The summed E-state index contributed by atoms with van der Waals surface area (Å²) in [6.45, 7) is 7.94. The molecule has 0 spiro atoms. The first kappa shape index (κ1) is 18.7. The van der Waals surface area contributed by atoms with E-state index < -0.39 is 0 Å². The fourth-order valence-corrected chi connectivity index (χ4v) is 3.36. The molecule has 132 valence electrons. The largest absolute Gasteiger partial charge is 0.437 e. The fourth-order valence-electron chi connectivity index (χ4n) is 2.83. The van der Waals surface area contributed by atoms with Crippen molar-refractivity contribution in [2.24, 2.45) is 0 Å². The van der Waals surface area contributed by atoms with Gasteiger partial charge in [-0.25, -0.2) is 4.98 Å².